The third-order valence-electron chi connectivity index (χ3n) is 7.82. The average Bonchev–Trinajstić information content (AvgIpc) is 3.07. The zero-order valence-corrected chi connectivity index (χ0v) is 26.7. The molecule has 0 radical (unpaired) electrons. The molecule has 3 aromatic carbocycles. The molecule has 0 atom stereocenters. The molecule has 0 unspecified atom stereocenters. The van der Waals surface area contributed by atoms with Gasteiger partial charge in [-0.3, -0.25) is 20.7 Å². The lowest BCUT2D eigenvalue weighted by Gasteiger charge is -2.26. The first-order valence-corrected chi connectivity index (χ1v) is 16.2. The first-order valence-electron chi connectivity index (χ1n) is 15.4. The van der Waals surface area contributed by atoms with E-state index in [9.17, 15) is 0 Å². The number of rotatable bonds is 12. The maximum Gasteiger partial charge on any atom is 0.186 e. The molecule has 10 nitrogen and oxygen atoms in total. The molecule has 5 rings (SSSR count). The zero-order chi connectivity index (χ0) is 30.4. The van der Waals surface area contributed by atoms with Crippen LogP contribution in [-0.2, 0) is 9.47 Å². The highest BCUT2D eigenvalue weighted by atomic mass is 32.1. The van der Waals surface area contributed by atoms with Gasteiger partial charge in [0.05, 0.1) is 38.9 Å². The minimum Gasteiger partial charge on any atom is -0.379 e. The Labute approximate surface area is 270 Å². The van der Waals surface area contributed by atoms with Crippen LogP contribution in [0, 0.1) is 0 Å². The summed E-state index contributed by atoms with van der Waals surface area (Å²) in [5, 5.41) is 20.8. The fourth-order valence-electron chi connectivity index (χ4n) is 5.52. The maximum atomic E-state index is 5.47. The van der Waals surface area contributed by atoms with Gasteiger partial charge in [0, 0.05) is 50.4 Å². The Morgan fingerprint density at radius 2 is 1.00 bits per heavy atom. The lowest BCUT2D eigenvalue weighted by atomic mass is 9.92. The highest BCUT2D eigenvalue weighted by molar-refractivity contribution is 7.80. The van der Waals surface area contributed by atoms with Crippen molar-refractivity contribution in [2.24, 2.45) is 10.2 Å². The number of thiocarbonyl (C=S) groups is 2. The van der Waals surface area contributed by atoms with Crippen LogP contribution in [0.3, 0.4) is 0 Å². The van der Waals surface area contributed by atoms with E-state index in [0.717, 1.165) is 124 Å². The third-order valence-corrected chi connectivity index (χ3v) is 8.29. The van der Waals surface area contributed by atoms with E-state index in [1.54, 1.807) is 0 Å². The van der Waals surface area contributed by atoms with Crippen molar-refractivity contribution in [3.8, 4) is 0 Å². The lowest BCUT2D eigenvalue weighted by Crippen LogP contribution is -2.39. The van der Waals surface area contributed by atoms with E-state index in [-0.39, 0.29) is 0 Å². The molecule has 0 saturated carbocycles. The van der Waals surface area contributed by atoms with Gasteiger partial charge in [0.25, 0.3) is 0 Å². The Kier molecular flexibility index (Phi) is 12.6. The Balaban J connectivity index is 1.19. The SMILES string of the molecule is S=C(NCCCN1CCOCC1)N/N=C/c1c2ccccc2c(/C=N/NC(=S)NCCCN2CCOCC2)c2ccccc12. The van der Waals surface area contributed by atoms with Crippen molar-refractivity contribution in [2.75, 3.05) is 78.8 Å². The summed E-state index contributed by atoms with van der Waals surface area (Å²) in [6.07, 6.45) is 5.71. The van der Waals surface area contributed by atoms with Gasteiger partial charge in [0.2, 0.25) is 0 Å². The van der Waals surface area contributed by atoms with Crippen LogP contribution in [0.25, 0.3) is 21.5 Å². The molecule has 0 aromatic heterocycles. The first kappa shape index (κ1) is 32.1. The molecule has 44 heavy (non-hydrogen) atoms. The second-order valence-electron chi connectivity index (χ2n) is 10.8. The van der Waals surface area contributed by atoms with Gasteiger partial charge in [0.15, 0.2) is 10.2 Å². The van der Waals surface area contributed by atoms with Crippen LogP contribution in [0.2, 0.25) is 0 Å². The van der Waals surface area contributed by atoms with Crippen LogP contribution in [0.5, 0.6) is 0 Å². The van der Waals surface area contributed by atoms with Crippen molar-refractivity contribution in [3.05, 3.63) is 59.7 Å². The normalized spacial score (nSPS) is 16.5. The number of hydrogen-bond donors (Lipinski definition) is 4. The number of morpholine rings is 2. The Bertz CT molecular complexity index is 1290. The van der Waals surface area contributed by atoms with Gasteiger partial charge in [-0.15, -0.1) is 0 Å². The predicted octanol–water partition coefficient (Wildman–Crippen LogP) is 3.03. The molecule has 0 bridgehead atoms. The van der Waals surface area contributed by atoms with Crippen molar-refractivity contribution < 1.29 is 9.47 Å². The molecular weight excluding hydrogens is 593 g/mol. The summed E-state index contributed by atoms with van der Waals surface area (Å²) in [6, 6.07) is 16.6. The van der Waals surface area contributed by atoms with Crippen molar-refractivity contribution >= 4 is 68.6 Å². The molecular formula is C32H42N8O2S2. The van der Waals surface area contributed by atoms with Gasteiger partial charge in [-0.05, 0) is 71.9 Å². The summed E-state index contributed by atoms with van der Waals surface area (Å²) in [4.78, 5) is 4.83. The topological polar surface area (TPSA) is 97.8 Å². The maximum absolute atomic E-state index is 5.47. The quantitative estimate of drug-likeness (QED) is 0.0783. The van der Waals surface area contributed by atoms with Crippen LogP contribution in [0.15, 0.2) is 58.7 Å². The van der Waals surface area contributed by atoms with E-state index >= 15 is 0 Å². The van der Waals surface area contributed by atoms with Gasteiger partial charge in [-0.25, -0.2) is 0 Å². The standard InChI is InChI=1S/C32H42N8O2S2/c43-31(33-11-5-13-39-15-19-41-20-16-39)37-35-23-29-25-7-1-2-8-26(25)30(28-10-4-3-9-27(28)29)24-36-38-32(44)34-12-6-14-40-17-21-42-22-18-40/h1-4,7-10,23-24H,5-6,11-22H2,(H2,33,37,43)(H2,34,38,44)/b35-23+,36-24+. The van der Waals surface area contributed by atoms with E-state index in [1.165, 1.54) is 0 Å². The Hall–Kier alpha value is -3.26. The number of benzene rings is 3. The van der Waals surface area contributed by atoms with Crippen LogP contribution < -0.4 is 21.5 Å². The fourth-order valence-corrected chi connectivity index (χ4v) is 5.83. The molecule has 12 heteroatoms. The fraction of sp³-hybridized carbons (Fsp3) is 0.438. The van der Waals surface area contributed by atoms with Crippen LogP contribution >= 0.6 is 24.4 Å². The van der Waals surface area contributed by atoms with E-state index in [2.05, 4.69) is 65.8 Å². The molecule has 2 aliphatic heterocycles. The molecule has 0 aliphatic carbocycles. The minimum atomic E-state index is 0.511. The highest BCUT2D eigenvalue weighted by Crippen LogP contribution is 2.31. The van der Waals surface area contributed by atoms with E-state index in [0.29, 0.717) is 10.2 Å². The second-order valence-corrected chi connectivity index (χ2v) is 11.6. The van der Waals surface area contributed by atoms with Gasteiger partial charge >= 0.3 is 0 Å². The molecule has 4 N–H and O–H groups in total. The highest BCUT2D eigenvalue weighted by Gasteiger charge is 2.13. The number of ether oxygens (including phenoxy) is 2. The summed E-state index contributed by atoms with van der Waals surface area (Å²) in [5.74, 6) is 0. The molecule has 2 aliphatic rings. The molecule has 234 valence electrons. The van der Waals surface area contributed by atoms with Crippen molar-refractivity contribution in [3.63, 3.8) is 0 Å². The zero-order valence-electron chi connectivity index (χ0n) is 25.1. The lowest BCUT2D eigenvalue weighted by molar-refractivity contribution is 0.0375. The van der Waals surface area contributed by atoms with E-state index in [4.69, 9.17) is 33.9 Å². The largest absolute Gasteiger partial charge is 0.379 e. The summed E-state index contributed by atoms with van der Waals surface area (Å²) >= 11 is 10.9. The summed E-state index contributed by atoms with van der Waals surface area (Å²) in [7, 11) is 0. The van der Waals surface area contributed by atoms with Crippen LogP contribution in [-0.4, -0.2) is 111 Å². The van der Waals surface area contributed by atoms with Crippen molar-refractivity contribution in [1.82, 2.24) is 31.3 Å². The van der Waals surface area contributed by atoms with Gasteiger partial charge in [-0.1, -0.05) is 48.5 Å². The van der Waals surface area contributed by atoms with Crippen molar-refractivity contribution in [2.45, 2.75) is 12.8 Å². The Morgan fingerprint density at radius 3 is 1.36 bits per heavy atom. The predicted molar refractivity (Wildman–Crippen MR) is 188 cm³/mol. The number of hydrazone groups is 2. The number of nitrogens with one attached hydrogen (secondary N) is 4. The van der Waals surface area contributed by atoms with Gasteiger partial charge < -0.3 is 20.1 Å². The van der Waals surface area contributed by atoms with Gasteiger partial charge in [0.1, 0.15) is 0 Å². The molecule has 0 amide bonds. The van der Waals surface area contributed by atoms with Gasteiger partial charge in [-0.2, -0.15) is 10.2 Å². The number of fused-ring (bicyclic) bond motifs is 2. The third kappa shape index (κ3) is 9.37. The molecule has 2 fully saturated rings. The monoisotopic (exact) mass is 634 g/mol. The smallest absolute Gasteiger partial charge is 0.186 e. The molecule has 3 aromatic rings. The molecule has 2 saturated heterocycles. The molecule has 2 heterocycles. The first-order chi connectivity index (χ1) is 21.7. The Morgan fingerprint density at radius 1 is 0.636 bits per heavy atom. The summed E-state index contributed by atoms with van der Waals surface area (Å²) in [5.41, 5.74) is 8.01. The number of nitrogens with zero attached hydrogens (tertiary/aromatic N) is 4. The van der Waals surface area contributed by atoms with Crippen molar-refractivity contribution in [1.29, 1.82) is 0 Å². The second kappa shape index (κ2) is 17.3. The minimum absolute atomic E-state index is 0.511. The van der Waals surface area contributed by atoms with Crippen LogP contribution in [0.1, 0.15) is 24.0 Å². The molecule has 0 spiro atoms. The van der Waals surface area contributed by atoms with Crippen LogP contribution in [0.4, 0.5) is 0 Å². The average molecular weight is 635 g/mol. The van der Waals surface area contributed by atoms with E-state index < -0.39 is 0 Å². The van der Waals surface area contributed by atoms with E-state index in [1.807, 2.05) is 36.7 Å². The number of hydrogen-bond acceptors (Lipinski definition) is 8. The summed E-state index contributed by atoms with van der Waals surface area (Å²) < 4.78 is 10.8. The summed E-state index contributed by atoms with van der Waals surface area (Å²) in [6.45, 7) is 10.9.